The van der Waals surface area contributed by atoms with Gasteiger partial charge in [0.05, 0.1) is 6.61 Å². The average molecular weight is 310 g/mol. The second-order valence-electron chi connectivity index (χ2n) is 4.78. The number of nitrogens with zero attached hydrogens (tertiary/aromatic N) is 3. The van der Waals surface area contributed by atoms with E-state index in [2.05, 4.69) is 16.5 Å². The van der Waals surface area contributed by atoms with Gasteiger partial charge < -0.3 is 9.30 Å². The largest absolute Gasteiger partial charge is 0.383 e. The summed E-state index contributed by atoms with van der Waals surface area (Å²) < 4.78 is 8.20. The Balaban J connectivity index is 2.63. The first-order valence-corrected chi connectivity index (χ1v) is 7.40. The number of imidazole rings is 1. The van der Waals surface area contributed by atoms with E-state index in [0.29, 0.717) is 35.2 Å². The molecule has 8 heteroatoms. The number of methoxy groups -OCH3 is 1. The molecule has 0 amide bonds. The Morgan fingerprint density at radius 1 is 1.48 bits per heavy atom. The SMILES string of the molecule is C=C(C)CSc1nc2c(c(=O)[nH]c(=O)n2C)n1CCOC. The summed E-state index contributed by atoms with van der Waals surface area (Å²) in [5.41, 5.74) is 0.870. The zero-order valence-corrected chi connectivity index (χ0v) is 13.1. The molecular formula is C13H18N4O3S. The van der Waals surface area contributed by atoms with E-state index in [1.54, 1.807) is 18.7 Å². The van der Waals surface area contributed by atoms with E-state index in [4.69, 9.17) is 4.74 Å². The van der Waals surface area contributed by atoms with Crippen molar-refractivity contribution in [1.82, 2.24) is 19.1 Å². The van der Waals surface area contributed by atoms with Gasteiger partial charge in [-0.3, -0.25) is 14.3 Å². The highest BCUT2D eigenvalue weighted by Gasteiger charge is 2.17. The Kier molecular flexibility index (Phi) is 4.69. The molecule has 0 aromatic carbocycles. The summed E-state index contributed by atoms with van der Waals surface area (Å²) in [4.78, 5) is 30.5. The Morgan fingerprint density at radius 3 is 2.81 bits per heavy atom. The van der Waals surface area contributed by atoms with Crippen LogP contribution in [0.15, 0.2) is 26.9 Å². The number of aromatic amines is 1. The van der Waals surface area contributed by atoms with Gasteiger partial charge in [-0.1, -0.05) is 23.9 Å². The van der Waals surface area contributed by atoms with E-state index in [1.807, 2.05) is 6.92 Å². The van der Waals surface area contributed by atoms with Gasteiger partial charge in [0.15, 0.2) is 16.3 Å². The molecule has 0 fully saturated rings. The summed E-state index contributed by atoms with van der Waals surface area (Å²) in [6, 6.07) is 0. The predicted octanol–water partition coefficient (Wildman–Crippen LogP) is 0.738. The minimum Gasteiger partial charge on any atom is -0.383 e. The summed E-state index contributed by atoms with van der Waals surface area (Å²) >= 11 is 1.48. The lowest BCUT2D eigenvalue weighted by atomic mass is 10.4. The number of aromatic nitrogens is 4. The molecule has 0 saturated carbocycles. The van der Waals surface area contributed by atoms with Crippen LogP contribution < -0.4 is 11.2 Å². The normalized spacial score (nSPS) is 11.2. The van der Waals surface area contributed by atoms with Crippen molar-refractivity contribution in [1.29, 1.82) is 0 Å². The van der Waals surface area contributed by atoms with E-state index in [1.165, 1.54) is 16.3 Å². The molecule has 0 aliphatic carbocycles. The van der Waals surface area contributed by atoms with Gasteiger partial charge in [0.25, 0.3) is 5.56 Å². The number of nitrogens with one attached hydrogen (secondary N) is 1. The van der Waals surface area contributed by atoms with Gasteiger partial charge >= 0.3 is 5.69 Å². The molecule has 0 aliphatic heterocycles. The average Bonchev–Trinajstić information content (AvgIpc) is 2.79. The molecule has 0 saturated heterocycles. The molecule has 2 aromatic rings. The summed E-state index contributed by atoms with van der Waals surface area (Å²) in [6.07, 6.45) is 0. The minimum absolute atomic E-state index is 0.379. The van der Waals surface area contributed by atoms with Crippen LogP contribution in [0.25, 0.3) is 11.2 Å². The third-order valence-electron chi connectivity index (χ3n) is 2.94. The quantitative estimate of drug-likeness (QED) is 0.628. The fourth-order valence-electron chi connectivity index (χ4n) is 1.90. The molecule has 2 rings (SSSR count). The Bertz CT molecular complexity index is 787. The fourth-order valence-corrected chi connectivity index (χ4v) is 2.77. The molecular weight excluding hydrogens is 292 g/mol. The molecule has 0 atom stereocenters. The smallest absolute Gasteiger partial charge is 0.329 e. The van der Waals surface area contributed by atoms with Crippen LogP contribution in [0.2, 0.25) is 0 Å². The molecule has 114 valence electrons. The Hall–Kier alpha value is -1.80. The standard InChI is InChI=1S/C13H18N4O3S/c1-8(2)7-21-13-14-10-9(17(13)5-6-20-4)11(18)15-12(19)16(10)3/h1,5-7H2,2-4H3,(H,15,18,19). The van der Waals surface area contributed by atoms with E-state index in [0.717, 1.165) is 5.57 Å². The Morgan fingerprint density at radius 2 is 2.19 bits per heavy atom. The van der Waals surface area contributed by atoms with E-state index >= 15 is 0 Å². The third kappa shape index (κ3) is 3.11. The van der Waals surface area contributed by atoms with Crippen molar-refractivity contribution in [3.63, 3.8) is 0 Å². The van der Waals surface area contributed by atoms with Gasteiger partial charge in [-0.05, 0) is 6.92 Å². The van der Waals surface area contributed by atoms with Crippen molar-refractivity contribution in [2.45, 2.75) is 18.6 Å². The molecule has 0 unspecified atom stereocenters. The van der Waals surface area contributed by atoms with E-state index < -0.39 is 11.2 Å². The first kappa shape index (κ1) is 15.6. The number of rotatable bonds is 6. The van der Waals surface area contributed by atoms with Gasteiger partial charge in [0, 0.05) is 26.5 Å². The van der Waals surface area contributed by atoms with Crippen LogP contribution >= 0.6 is 11.8 Å². The molecule has 0 aliphatic rings. The van der Waals surface area contributed by atoms with Gasteiger partial charge in [-0.25, -0.2) is 9.78 Å². The first-order valence-electron chi connectivity index (χ1n) is 6.41. The summed E-state index contributed by atoms with van der Waals surface area (Å²) in [7, 11) is 3.18. The van der Waals surface area contributed by atoms with Crippen LogP contribution in [0.5, 0.6) is 0 Å². The van der Waals surface area contributed by atoms with Crippen LogP contribution in [0, 0.1) is 0 Å². The maximum absolute atomic E-state index is 12.1. The molecule has 1 N–H and O–H groups in total. The van der Waals surface area contributed by atoms with Crippen molar-refractivity contribution in [2.24, 2.45) is 7.05 Å². The van der Waals surface area contributed by atoms with Crippen molar-refractivity contribution < 1.29 is 4.74 Å². The second kappa shape index (κ2) is 6.31. The molecule has 21 heavy (non-hydrogen) atoms. The number of ether oxygens (including phenoxy) is 1. The molecule has 0 radical (unpaired) electrons. The summed E-state index contributed by atoms with van der Waals surface area (Å²) in [6.45, 7) is 6.73. The number of aryl methyl sites for hydroxylation is 1. The number of thioether (sulfide) groups is 1. The van der Waals surface area contributed by atoms with E-state index in [-0.39, 0.29) is 0 Å². The monoisotopic (exact) mass is 310 g/mol. The van der Waals surface area contributed by atoms with Gasteiger partial charge in [0.2, 0.25) is 0 Å². The van der Waals surface area contributed by atoms with Gasteiger partial charge in [-0.2, -0.15) is 0 Å². The lowest BCUT2D eigenvalue weighted by Crippen LogP contribution is -2.29. The number of H-pyrrole nitrogens is 1. The zero-order valence-electron chi connectivity index (χ0n) is 12.3. The third-order valence-corrected chi connectivity index (χ3v) is 4.15. The fraction of sp³-hybridized carbons (Fsp3) is 0.462. The van der Waals surface area contributed by atoms with Crippen LogP contribution in [0.4, 0.5) is 0 Å². The Labute approximate surface area is 125 Å². The van der Waals surface area contributed by atoms with Crippen molar-refractivity contribution in [2.75, 3.05) is 19.5 Å². The van der Waals surface area contributed by atoms with Crippen molar-refractivity contribution in [3.05, 3.63) is 33.0 Å². The van der Waals surface area contributed by atoms with Crippen LogP contribution in [0.3, 0.4) is 0 Å². The predicted molar refractivity (Wildman–Crippen MR) is 83.0 cm³/mol. The van der Waals surface area contributed by atoms with Crippen molar-refractivity contribution in [3.8, 4) is 0 Å². The number of fused-ring (bicyclic) bond motifs is 1. The lowest BCUT2D eigenvalue weighted by molar-refractivity contribution is 0.186. The number of hydrogen-bond acceptors (Lipinski definition) is 5. The topological polar surface area (TPSA) is 81.9 Å². The number of hydrogen-bond donors (Lipinski definition) is 1. The molecule has 7 nitrogen and oxygen atoms in total. The van der Waals surface area contributed by atoms with E-state index in [9.17, 15) is 9.59 Å². The van der Waals surface area contributed by atoms with Crippen LogP contribution in [0.1, 0.15) is 6.92 Å². The maximum Gasteiger partial charge on any atom is 0.329 e. The van der Waals surface area contributed by atoms with Crippen molar-refractivity contribution >= 4 is 22.9 Å². The molecule has 2 aromatic heterocycles. The van der Waals surface area contributed by atoms with Gasteiger partial charge in [0.1, 0.15) is 0 Å². The van der Waals surface area contributed by atoms with Gasteiger partial charge in [-0.15, -0.1) is 0 Å². The first-order chi connectivity index (χ1) is 9.95. The van der Waals surface area contributed by atoms with Crippen LogP contribution in [-0.2, 0) is 18.3 Å². The molecule has 2 heterocycles. The minimum atomic E-state index is -0.472. The molecule has 0 bridgehead atoms. The maximum atomic E-state index is 12.1. The highest BCUT2D eigenvalue weighted by atomic mass is 32.2. The highest BCUT2D eigenvalue weighted by Crippen LogP contribution is 2.22. The second-order valence-corrected chi connectivity index (χ2v) is 5.72. The summed E-state index contributed by atoms with van der Waals surface area (Å²) in [5.74, 6) is 0.697. The molecule has 0 spiro atoms. The highest BCUT2D eigenvalue weighted by molar-refractivity contribution is 7.99. The lowest BCUT2D eigenvalue weighted by Gasteiger charge is -2.07. The zero-order chi connectivity index (χ0) is 15.6. The van der Waals surface area contributed by atoms with Crippen LogP contribution in [-0.4, -0.2) is 38.6 Å². The summed E-state index contributed by atoms with van der Waals surface area (Å²) in [5, 5.41) is 0.678.